The molecule has 42 heavy (non-hydrogen) atoms. The molecule has 3 heteroatoms. The maximum atomic E-state index is 4.55. The molecule has 0 unspecified atom stereocenters. The van der Waals surface area contributed by atoms with Crippen LogP contribution in [0.4, 0.5) is 0 Å². The predicted molar refractivity (Wildman–Crippen MR) is 176 cm³/mol. The zero-order valence-corrected chi connectivity index (χ0v) is 22.8. The lowest BCUT2D eigenvalue weighted by Crippen LogP contribution is -1.94. The SMILES string of the molecule is c1ccc(-n2ccc3ccc4c(ccc5c4c4c6ccccc6ccc4n5-c4ccc(-c5ccccn5)cc4)c32)cc1. The molecule has 9 aromatic rings. The van der Waals surface area contributed by atoms with E-state index in [4.69, 9.17) is 0 Å². The van der Waals surface area contributed by atoms with Crippen molar-refractivity contribution < 1.29 is 0 Å². The van der Waals surface area contributed by atoms with Crippen LogP contribution < -0.4 is 0 Å². The molecule has 3 aromatic heterocycles. The summed E-state index contributed by atoms with van der Waals surface area (Å²) in [6.07, 6.45) is 4.03. The van der Waals surface area contributed by atoms with Crippen LogP contribution in [0.15, 0.2) is 152 Å². The number of pyridine rings is 1. The fraction of sp³-hybridized carbons (Fsp3) is 0. The van der Waals surface area contributed by atoms with Gasteiger partial charge in [0.15, 0.2) is 0 Å². The molecule has 6 aromatic carbocycles. The summed E-state index contributed by atoms with van der Waals surface area (Å²) in [5.41, 5.74) is 8.05. The van der Waals surface area contributed by atoms with E-state index in [-0.39, 0.29) is 0 Å². The molecule has 0 bridgehead atoms. The van der Waals surface area contributed by atoms with Gasteiger partial charge >= 0.3 is 0 Å². The van der Waals surface area contributed by atoms with Crippen molar-refractivity contribution in [2.24, 2.45) is 0 Å². The van der Waals surface area contributed by atoms with Gasteiger partial charge in [-0.15, -0.1) is 0 Å². The Morgan fingerprint density at radius 2 is 1.17 bits per heavy atom. The number of hydrogen-bond acceptors (Lipinski definition) is 1. The number of fused-ring (bicyclic) bond motifs is 9. The van der Waals surface area contributed by atoms with Crippen molar-refractivity contribution >= 4 is 54.3 Å². The Bertz CT molecular complexity index is 2430. The number of benzene rings is 6. The molecular formula is C39H25N3. The standard InChI is InChI=1S/C39H25N3/c1-2-9-29(10-3-1)41-25-23-28-15-19-32-33(39(28)41)20-22-36-38(32)37-31-11-5-4-8-26(31)16-21-35(37)42(36)30-17-13-27(14-18-30)34-12-6-7-24-40-34/h1-25H. The third-order valence-corrected chi connectivity index (χ3v) is 8.59. The molecular weight excluding hydrogens is 510 g/mol. The van der Waals surface area contributed by atoms with Gasteiger partial charge in [-0.3, -0.25) is 4.98 Å². The summed E-state index contributed by atoms with van der Waals surface area (Å²) in [5.74, 6) is 0. The molecule has 3 heterocycles. The van der Waals surface area contributed by atoms with Crippen molar-refractivity contribution in [1.82, 2.24) is 14.1 Å². The maximum absolute atomic E-state index is 4.55. The van der Waals surface area contributed by atoms with E-state index in [1.165, 1.54) is 59.9 Å². The van der Waals surface area contributed by atoms with Gasteiger partial charge in [-0.05, 0) is 70.8 Å². The molecule has 3 nitrogen and oxygen atoms in total. The summed E-state index contributed by atoms with van der Waals surface area (Å²) in [4.78, 5) is 4.55. The lowest BCUT2D eigenvalue weighted by molar-refractivity contribution is 1.13. The Morgan fingerprint density at radius 3 is 2.00 bits per heavy atom. The Hall–Kier alpha value is -5.67. The van der Waals surface area contributed by atoms with Gasteiger partial charge in [-0.25, -0.2) is 0 Å². The van der Waals surface area contributed by atoms with Crippen LogP contribution in [-0.2, 0) is 0 Å². The summed E-state index contributed by atoms with van der Waals surface area (Å²) >= 11 is 0. The van der Waals surface area contributed by atoms with E-state index in [2.05, 4.69) is 148 Å². The highest BCUT2D eigenvalue weighted by molar-refractivity contribution is 6.30. The second-order valence-electron chi connectivity index (χ2n) is 10.9. The normalized spacial score (nSPS) is 11.8. The van der Waals surface area contributed by atoms with Crippen LogP contribution in [0, 0.1) is 0 Å². The minimum atomic E-state index is 0.980. The largest absolute Gasteiger partial charge is 0.316 e. The predicted octanol–water partition coefficient (Wildman–Crippen LogP) is 10.1. The lowest BCUT2D eigenvalue weighted by Gasteiger charge is -2.11. The summed E-state index contributed by atoms with van der Waals surface area (Å²) in [6, 6.07) is 50.1. The number of nitrogens with zero attached hydrogens (tertiary/aromatic N) is 3. The minimum absolute atomic E-state index is 0.980. The van der Waals surface area contributed by atoms with E-state index in [0.29, 0.717) is 0 Å². The van der Waals surface area contributed by atoms with Gasteiger partial charge in [0.2, 0.25) is 0 Å². The van der Waals surface area contributed by atoms with Gasteiger partial charge in [0.05, 0.1) is 22.2 Å². The van der Waals surface area contributed by atoms with Gasteiger partial charge in [-0.2, -0.15) is 0 Å². The quantitative estimate of drug-likeness (QED) is 0.221. The Labute approximate surface area is 242 Å². The molecule has 0 aliphatic rings. The number of para-hydroxylation sites is 1. The van der Waals surface area contributed by atoms with Crippen molar-refractivity contribution in [2.45, 2.75) is 0 Å². The molecule has 0 saturated heterocycles. The van der Waals surface area contributed by atoms with E-state index >= 15 is 0 Å². The maximum Gasteiger partial charge on any atom is 0.0701 e. The highest BCUT2D eigenvalue weighted by atomic mass is 15.0. The molecule has 0 radical (unpaired) electrons. The molecule has 0 N–H and O–H groups in total. The first-order valence-corrected chi connectivity index (χ1v) is 14.3. The van der Waals surface area contributed by atoms with Gasteiger partial charge in [0, 0.05) is 50.9 Å². The monoisotopic (exact) mass is 535 g/mol. The molecule has 9 rings (SSSR count). The summed E-state index contributed by atoms with van der Waals surface area (Å²) in [5, 5.41) is 8.86. The number of aromatic nitrogens is 3. The highest BCUT2D eigenvalue weighted by Gasteiger charge is 2.19. The summed E-state index contributed by atoms with van der Waals surface area (Å²) < 4.78 is 4.73. The van der Waals surface area contributed by atoms with Crippen LogP contribution in [0.2, 0.25) is 0 Å². The van der Waals surface area contributed by atoms with E-state index in [1.54, 1.807) is 0 Å². The van der Waals surface area contributed by atoms with Crippen molar-refractivity contribution in [1.29, 1.82) is 0 Å². The van der Waals surface area contributed by atoms with Gasteiger partial charge in [-0.1, -0.05) is 84.9 Å². The molecule has 0 spiro atoms. The molecule has 0 atom stereocenters. The third-order valence-electron chi connectivity index (χ3n) is 8.59. The summed E-state index contributed by atoms with van der Waals surface area (Å²) in [6.45, 7) is 0. The fourth-order valence-corrected chi connectivity index (χ4v) is 6.71. The van der Waals surface area contributed by atoms with E-state index in [1.807, 2.05) is 18.3 Å². The zero-order chi connectivity index (χ0) is 27.6. The lowest BCUT2D eigenvalue weighted by atomic mass is 9.98. The van der Waals surface area contributed by atoms with Crippen molar-refractivity contribution in [3.8, 4) is 22.6 Å². The Balaban J connectivity index is 1.39. The Morgan fingerprint density at radius 1 is 0.452 bits per heavy atom. The first-order valence-electron chi connectivity index (χ1n) is 14.3. The first-order chi connectivity index (χ1) is 20.8. The third kappa shape index (κ3) is 3.31. The smallest absolute Gasteiger partial charge is 0.0701 e. The molecule has 196 valence electrons. The second-order valence-corrected chi connectivity index (χ2v) is 10.9. The average Bonchev–Trinajstić information content (AvgIpc) is 3.66. The molecule has 0 saturated carbocycles. The highest BCUT2D eigenvalue weighted by Crippen LogP contribution is 2.42. The second kappa shape index (κ2) is 8.92. The van der Waals surface area contributed by atoms with E-state index < -0.39 is 0 Å². The van der Waals surface area contributed by atoms with Gasteiger partial charge < -0.3 is 9.13 Å². The van der Waals surface area contributed by atoms with Crippen LogP contribution in [0.25, 0.3) is 76.9 Å². The molecule has 0 amide bonds. The fourth-order valence-electron chi connectivity index (χ4n) is 6.71. The number of hydrogen-bond donors (Lipinski definition) is 0. The van der Waals surface area contributed by atoms with Crippen molar-refractivity contribution in [3.63, 3.8) is 0 Å². The van der Waals surface area contributed by atoms with E-state index in [9.17, 15) is 0 Å². The first kappa shape index (κ1) is 23.1. The molecule has 0 fully saturated rings. The molecule has 0 aliphatic carbocycles. The van der Waals surface area contributed by atoms with Crippen LogP contribution in [0.5, 0.6) is 0 Å². The summed E-state index contributed by atoms with van der Waals surface area (Å²) in [7, 11) is 0. The Kier molecular flexibility index (Phi) is 4.90. The van der Waals surface area contributed by atoms with Crippen LogP contribution in [-0.4, -0.2) is 14.1 Å². The van der Waals surface area contributed by atoms with Crippen LogP contribution >= 0.6 is 0 Å². The van der Waals surface area contributed by atoms with Crippen LogP contribution in [0.3, 0.4) is 0 Å². The minimum Gasteiger partial charge on any atom is -0.316 e. The molecule has 0 aliphatic heterocycles. The van der Waals surface area contributed by atoms with Crippen molar-refractivity contribution in [3.05, 3.63) is 152 Å². The van der Waals surface area contributed by atoms with Crippen molar-refractivity contribution in [2.75, 3.05) is 0 Å². The zero-order valence-electron chi connectivity index (χ0n) is 22.8. The topological polar surface area (TPSA) is 22.8 Å². The number of rotatable bonds is 3. The van der Waals surface area contributed by atoms with Gasteiger partial charge in [0.25, 0.3) is 0 Å². The van der Waals surface area contributed by atoms with E-state index in [0.717, 1.165) is 16.9 Å². The average molecular weight is 536 g/mol. The van der Waals surface area contributed by atoms with Gasteiger partial charge in [0.1, 0.15) is 0 Å². The van der Waals surface area contributed by atoms with Crippen LogP contribution in [0.1, 0.15) is 0 Å².